The SMILES string of the molecule is CCc1c(O)cc2ccsc2c1C=O. The summed E-state index contributed by atoms with van der Waals surface area (Å²) in [6.07, 6.45) is 1.51. The fourth-order valence-corrected chi connectivity index (χ4v) is 2.57. The highest BCUT2D eigenvalue weighted by molar-refractivity contribution is 7.17. The highest BCUT2D eigenvalue weighted by Gasteiger charge is 2.11. The van der Waals surface area contributed by atoms with Crippen molar-refractivity contribution < 1.29 is 9.90 Å². The van der Waals surface area contributed by atoms with Gasteiger partial charge in [-0.25, -0.2) is 0 Å². The molecule has 0 amide bonds. The molecular formula is C11H10O2S. The lowest BCUT2D eigenvalue weighted by atomic mass is 10.0. The Kier molecular flexibility index (Phi) is 2.25. The summed E-state index contributed by atoms with van der Waals surface area (Å²) in [5, 5.41) is 12.5. The van der Waals surface area contributed by atoms with Crippen LogP contribution in [-0.2, 0) is 6.42 Å². The summed E-state index contributed by atoms with van der Waals surface area (Å²) in [5.74, 6) is 0.223. The van der Waals surface area contributed by atoms with Gasteiger partial charge in [0.15, 0.2) is 6.29 Å². The summed E-state index contributed by atoms with van der Waals surface area (Å²) < 4.78 is 0.967. The minimum absolute atomic E-state index is 0.223. The Morgan fingerprint density at radius 3 is 3.00 bits per heavy atom. The average molecular weight is 206 g/mol. The van der Waals surface area contributed by atoms with Gasteiger partial charge < -0.3 is 5.11 Å². The number of carbonyl (C=O) groups excluding carboxylic acids is 1. The van der Waals surface area contributed by atoms with Gasteiger partial charge in [-0.05, 0) is 29.3 Å². The minimum atomic E-state index is 0.223. The van der Waals surface area contributed by atoms with Gasteiger partial charge in [-0.3, -0.25) is 4.79 Å². The van der Waals surface area contributed by atoms with Crippen LogP contribution >= 0.6 is 11.3 Å². The first kappa shape index (κ1) is 9.21. The van der Waals surface area contributed by atoms with E-state index < -0.39 is 0 Å². The van der Waals surface area contributed by atoms with Gasteiger partial charge >= 0.3 is 0 Å². The van der Waals surface area contributed by atoms with Gasteiger partial charge in [-0.15, -0.1) is 11.3 Å². The van der Waals surface area contributed by atoms with Gasteiger partial charge in [-0.1, -0.05) is 6.92 Å². The van der Waals surface area contributed by atoms with Gasteiger partial charge in [0.1, 0.15) is 5.75 Å². The molecule has 1 aromatic carbocycles. The van der Waals surface area contributed by atoms with E-state index in [4.69, 9.17) is 0 Å². The zero-order chi connectivity index (χ0) is 10.1. The summed E-state index contributed by atoms with van der Waals surface area (Å²) in [4.78, 5) is 10.9. The molecule has 0 saturated heterocycles. The standard InChI is InChI=1S/C11H10O2S/c1-2-8-9(6-12)11-7(3-4-14-11)5-10(8)13/h3-6,13H,2H2,1H3. The summed E-state index contributed by atoms with van der Waals surface area (Å²) in [7, 11) is 0. The molecule has 0 radical (unpaired) electrons. The van der Waals surface area contributed by atoms with Gasteiger partial charge in [0.2, 0.25) is 0 Å². The van der Waals surface area contributed by atoms with Crippen LogP contribution in [0.3, 0.4) is 0 Å². The first-order chi connectivity index (χ1) is 6.77. The summed E-state index contributed by atoms with van der Waals surface area (Å²) in [6.45, 7) is 1.93. The van der Waals surface area contributed by atoms with Crippen molar-refractivity contribution in [1.82, 2.24) is 0 Å². The quantitative estimate of drug-likeness (QED) is 0.767. The average Bonchev–Trinajstić information content (AvgIpc) is 2.62. The molecule has 0 spiro atoms. The van der Waals surface area contributed by atoms with Crippen LogP contribution in [0.4, 0.5) is 0 Å². The minimum Gasteiger partial charge on any atom is -0.508 e. The number of thiophene rings is 1. The van der Waals surface area contributed by atoms with E-state index in [1.165, 1.54) is 11.3 Å². The molecule has 0 saturated carbocycles. The highest BCUT2D eigenvalue weighted by atomic mass is 32.1. The molecule has 14 heavy (non-hydrogen) atoms. The van der Waals surface area contributed by atoms with E-state index in [9.17, 15) is 9.90 Å². The lowest BCUT2D eigenvalue weighted by Crippen LogP contribution is -1.91. The molecule has 0 unspecified atom stereocenters. The Morgan fingerprint density at radius 1 is 1.57 bits per heavy atom. The second-order valence-electron chi connectivity index (χ2n) is 3.10. The Bertz CT molecular complexity index is 485. The van der Waals surface area contributed by atoms with E-state index in [0.717, 1.165) is 21.9 Å². The number of hydrogen-bond acceptors (Lipinski definition) is 3. The van der Waals surface area contributed by atoms with Crippen LogP contribution in [0.1, 0.15) is 22.8 Å². The van der Waals surface area contributed by atoms with Crippen molar-refractivity contribution in [3.63, 3.8) is 0 Å². The van der Waals surface area contributed by atoms with Crippen LogP contribution in [0.5, 0.6) is 5.75 Å². The number of rotatable bonds is 2. The van der Waals surface area contributed by atoms with Gasteiger partial charge in [0.25, 0.3) is 0 Å². The Morgan fingerprint density at radius 2 is 2.36 bits per heavy atom. The molecule has 1 N–H and O–H groups in total. The van der Waals surface area contributed by atoms with Crippen molar-refractivity contribution >= 4 is 27.7 Å². The zero-order valence-electron chi connectivity index (χ0n) is 7.78. The van der Waals surface area contributed by atoms with Crippen LogP contribution in [0.2, 0.25) is 0 Å². The largest absolute Gasteiger partial charge is 0.508 e. The Balaban J connectivity index is 2.88. The van der Waals surface area contributed by atoms with Gasteiger partial charge in [0, 0.05) is 15.8 Å². The predicted octanol–water partition coefficient (Wildman–Crippen LogP) is 2.98. The molecule has 2 nitrogen and oxygen atoms in total. The topological polar surface area (TPSA) is 37.3 Å². The number of fused-ring (bicyclic) bond motifs is 1. The van der Waals surface area contributed by atoms with E-state index in [0.29, 0.717) is 12.0 Å². The predicted molar refractivity (Wildman–Crippen MR) is 58.3 cm³/mol. The third kappa shape index (κ3) is 1.21. The maximum atomic E-state index is 10.9. The molecule has 1 aromatic heterocycles. The fraction of sp³-hybridized carbons (Fsp3) is 0.182. The monoisotopic (exact) mass is 206 g/mol. The normalized spacial score (nSPS) is 10.6. The van der Waals surface area contributed by atoms with Crippen LogP contribution in [0, 0.1) is 0 Å². The summed E-state index contributed by atoms with van der Waals surface area (Å²) >= 11 is 1.53. The van der Waals surface area contributed by atoms with Crippen molar-refractivity contribution in [1.29, 1.82) is 0 Å². The maximum Gasteiger partial charge on any atom is 0.151 e. The number of phenolic OH excluding ortho intramolecular Hbond substituents is 1. The van der Waals surface area contributed by atoms with Crippen molar-refractivity contribution in [2.24, 2.45) is 0 Å². The third-order valence-electron chi connectivity index (χ3n) is 2.34. The number of phenols is 1. The number of carbonyl (C=O) groups is 1. The fourth-order valence-electron chi connectivity index (χ4n) is 1.66. The molecule has 0 aliphatic rings. The van der Waals surface area contributed by atoms with Crippen LogP contribution < -0.4 is 0 Å². The molecule has 0 fully saturated rings. The number of aldehydes is 1. The highest BCUT2D eigenvalue weighted by Crippen LogP contribution is 2.32. The molecule has 2 aromatic rings. The number of aromatic hydroxyl groups is 1. The van der Waals surface area contributed by atoms with Crippen LogP contribution in [0.25, 0.3) is 10.1 Å². The molecule has 0 atom stereocenters. The molecule has 0 aliphatic heterocycles. The molecule has 2 rings (SSSR count). The lowest BCUT2D eigenvalue weighted by molar-refractivity contribution is 0.112. The first-order valence-corrected chi connectivity index (χ1v) is 5.33. The van der Waals surface area contributed by atoms with E-state index in [1.807, 2.05) is 18.4 Å². The molecule has 3 heteroatoms. The van der Waals surface area contributed by atoms with Gasteiger partial charge in [0.05, 0.1) is 0 Å². The van der Waals surface area contributed by atoms with E-state index in [2.05, 4.69) is 0 Å². The van der Waals surface area contributed by atoms with Crippen molar-refractivity contribution in [2.75, 3.05) is 0 Å². The number of hydrogen-bond donors (Lipinski definition) is 1. The van der Waals surface area contributed by atoms with Gasteiger partial charge in [-0.2, -0.15) is 0 Å². The third-order valence-corrected chi connectivity index (χ3v) is 3.30. The van der Waals surface area contributed by atoms with Crippen LogP contribution in [-0.4, -0.2) is 11.4 Å². The smallest absolute Gasteiger partial charge is 0.151 e. The molecule has 1 heterocycles. The molecular weight excluding hydrogens is 196 g/mol. The molecule has 0 aliphatic carbocycles. The van der Waals surface area contributed by atoms with E-state index in [-0.39, 0.29) is 5.75 Å². The summed E-state index contributed by atoms with van der Waals surface area (Å²) in [6, 6.07) is 3.63. The first-order valence-electron chi connectivity index (χ1n) is 4.45. The zero-order valence-corrected chi connectivity index (χ0v) is 8.60. The summed E-state index contributed by atoms with van der Waals surface area (Å²) in [5.41, 5.74) is 1.38. The Labute approximate surface area is 85.8 Å². The molecule has 0 bridgehead atoms. The Hall–Kier alpha value is -1.35. The van der Waals surface area contributed by atoms with E-state index >= 15 is 0 Å². The number of benzene rings is 1. The van der Waals surface area contributed by atoms with Crippen LogP contribution in [0.15, 0.2) is 17.5 Å². The van der Waals surface area contributed by atoms with Crippen molar-refractivity contribution in [3.8, 4) is 5.75 Å². The second kappa shape index (κ2) is 3.42. The lowest BCUT2D eigenvalue weighted by Gasteiger charge is -2.05. The molecule has 72 valence electrons. The van der Waals surface area contributed by atoms with E-state index in [1.54, 1.807) is 6.07 Å². The van der Waals surface area contributed by atoms with Crippen molar-refractivity contribution in [2.45, 2.75) is 13.3 Å². The maximum absolute atomic E-state index is 10.9. The second-order valence-corrected chi connectivity index (χ2v) is 4.01. The van der Waals surface area contributed by atoms with Crippen molar-refractivity contribution in [3.05, 3.63) is 28.6 Å².